The van der Waals surface area contributed by atoms with Crippen molar-refractivity contribution in [3.05, 3.63) is 71.8 Å². The normalized spacial score (nSPS) is 28.7. The van der Waals surface area contributed by atoms with Crippen molar-refractivity contribution in [2.75, 3.05) is 26.3 Å². The first-order valence-corrected chi connectivity index (χ1v) is 12.1. The Bertz CT molecular complexity index is 801. The largest absolute Gasteiger partial charge is 0.389 e. The maximum absolute atomic E-state index is 10.6. The third-order valence-electron chi connectivity index (χ3n) is 6.34. The number of aliphatic hydroxyl groups is 4. The van der Waals surface area contributed by atoms with Gasteiger partial charge in [-0.1, -0.05) is 60.7 Å². The van der Waals surface area contributed by atoms with Crippen LogP contribution in [0.2, 0.25) is 0 Å². The van der Waals surface area contributed by atoms with Crippen molar-refractivity contribution >= 4 is 0 Å². The second-order valence-electron chi connectivity index (χ2n) is 8.93. The lowest BCUT2D eigenvalue weighted by Crippen LogP contribution is -2.50. The minimum Gasteiger partial charge on any atom is -0.389 e. The van der Waals surface area contributed by atoms with Gasteiger partial charge in [0.25, 0.3) is 0 Å². The summed E-state index contributed by atoms with van der Waals surface area (Å²) in [6.07, 6.45) is -5.99. The van der Waals surface area contributed by atoms with Crippen LogP contribution in [0.3, 0.4) is 0 Å². The molecule has 0 aromatic heterocycles. The van der Waals surface area contributed by atoms with Gasteiger partial charge >= 0.3 is 0 Å². The standard InChI is InChI=1S/C26H35NO8/c28-19(23(30)21-11-13-32-25(34-21)17-7-3-1-4-8-17)15-27-16-20(29)24(31)22-12-14-33-26(35-22)18-9-5-2-6-10-18/h1-10,19-31H,11-16H2/t19-,20-,21+,22?,23+,24+,25?,26?/m0/s1. The van der Waals surface area contributed by atoms with Crippen LogP contribution in [0.25, 0.3) is 0 Å². The molecule has 0 aliphatic carbocycles. The first kappa shape index (κ1) is 26.2. The predicted molar refractivity (Wildman–Crippen MR) is 126 cm³/mol. The van der Waals surface area contributed by atoms with Crippen LogP contribution in [0.1, 0.15) is 36.5 Å². The molecular weight excluding hydrogens is 454 g/mol. The monoisotopic (exact) mass is 489 g/mol. The van der Waals surface area contributed by atoms with Crippen molar-refractivity contribution < 1.29 is 39.4 Å². The van der Waals surface area contributed by atoms with Gasteiger partial charge in [-0.2, -0.15) is 0 Å². The van der Waals surface area contributed by atoms with Crippen LogP contribution in [0.15, 0.2) is 60.7 Å². The number of rotatable bonds is 10. The number of ether oxygens (including phenoxy) is 4. The highest BCUT2D eigenvalue weighted by Gasteiger charge is 2.35. The van der Waals surface area contributed by atoms with Crippen molar-refractivity contribution in [2.45, 2.75) is 62.0 Å². The third kappa shape index (κ3) is 7.07. The first-order chi connectivity index (χ1) is 17.0. The number of hydrogen-bond donors (Lipinski definition) is 5. The van der Waals surface area contributed by atoms with E-state index in [0.29, 0.717) is 26.1 Å². The molecule has 2 aliphatic heterocycles. The van der Waals surface area contributed by atoms with E-state index in [1.165, 1.54) is 0 Å². The Morgan fingerprint density at radius 2 is 1.06 bits per heavy atom. The molecule has 35 heavy (non-hydrogen) atoms. The summed E-state index contributed by atoms with van der Waals surface area (Å²) in [7, 11) is 0. The van der Waals surface area contributed by atoms with E-state index in [2.05, 4.69) is 5.32 Å². The van der Waals surface area contributed by atoms with E-state index >= 15 is 0 Å². The van der Waals surface area contributed by atoms with E-state index in [1.54, 1.807) is 0 Å². The molecule has 192 valence electrons. The molecule has 2 saturated heterocycles. The van der Waals surface area contributed by atoms with E-state index in [-0.39, 0.29) is 13.1 Å². The fourth-order valence-electron chi connectivity index (χ4n) is 4.30. The van der Waals surface area contributed by atoms with Gasteiger partial charge in [0.1, 0.15) is 12.2 Å². The van der Waals surface area contributed by atoms with Crippen LogP contribution in [0.4, 0.5) is 0 Å². The minimum atomic E-state index is -1.13. The highest BCUT2D eigenvalue weighted by atomic mass is 16.7. The van der Waals surface area contributed by atoms with Crippen molar-refractivity contribution in [3.63, 3.8) is 0 Å². The lowest BCUT2D eigenvalue weighted by Gasteiger charge is -2.35. The molecule has 2 fully saturated rings. The second kappa shape index (κ2) is 12.9. The number of hydrogen-bond acceptors (Lipinski definition) is 9. The summed E-state index contributed by atoms with van der Waals surface area (Å²) in [5, 5.41) is 45.1. The molecule has 8 atom stereocenters. The predicted octanol–water partition coefficient (Wildman–Crippen LogP) is 1.03. The zero-order valence-corrected chi connectivity index (χ0v) is 19.6. The molecule has 2 aromatic carbocycles. The highest BCUT2D eigenvalue weighted by molar-refractivity contribution is 5.17. The van der Waals surface area contributed by atoms with Crippen molar-refractivity contribution in [1.29, 1.82) is 0 Å². The fraction of sp³-hybridized carbons (Fsp3) is 0.538. The molecule has 0 radical (unpaired) electrons. The van der Waals surface area contributed by atoms with Gasteiger partial charge in [0.05, 0.1) is 37.6 Å². The maximum atomic E-state index is 10.6. The quantitative estimate of drug-likeness (QED) is 0.332. The minimum absolute atomic E-state index is 0.0168. The molecule has 4 rings (SSSR count). The lowest BCUT2D eigenvalue weighted by atomic mass is 10.0. The Hall–Kier alpha value is -1.92. The van der Waals surface area contributed by atoms with Gasteiger partial charge in [-0.3, -0.25) is 0 Å². The van der Waals surface area contributed by atoms with Crippen LogP contribution in [0.5, 0.6) is 0 Å². The summed E-state index contributed by atoms with van der Waals surface area (Å²) in [4.78, 5) is 0. The Morgan fingerprint density at radius 3 is 1.46 bits per heavy atom. The van der Waals surface area contributed by atoms with Gasteiger partial charge in [-0.15, -0.1) is 0 Å². The molecule has 3 unspecified atom stereocenters. The molecule has 0 bridgehead atoms. The Labute approximate surface area is 205 Å². The lowest BCUT2D eigenvalue weighted by molar-refractivity contribution is -0.247. The molecule has 2 aromatic rings. The average molecular weight is 490 g/mol. The molecule has 0 saturated carbocycles. The van der Waals surface area contributed by atoms with Crippen LogP contribution in [-0.4, -0.2) is 83.4 Å². The van der Waals surface area contributed by atoms with Gasteiger partial charge in [0, 0.05) is 24.2 Å². The molecule has 2 aliphatic rings. The summed E-state index contributed by atoms with van der Waals surface area (Å²) < 4.78 is 23.0. The fourth-order valence-corrected chi connectivity index (χ4v) is 4.30. The van der Waals surface area contributed by atoms with E-state index in [1.807, 2.05) is 60.7 Å². The van der Waals surface area contributed by atoms with Crippen molar-refractivity contribution in [3.8, 4) is 0 Å². The second-order valence-corrected chi connectivity index (χ2v) is 8.93. The summed E-state index contributed by atoms with van der Waals surface area (Å²) in [5.74, 6) is 0. The van der Waals surface area contributed by atoms with Crippen molar-refractivity contribution in [2.24, 2.45) is 0 Å². The summed E-state index contributed by atoms with van der Waals surface area (Å²) in [6, 6.07) is 18.9. The van der Waals surface area contributed by atoms with E-state index in [0.717, 1.165) is 11.1 Å². The SMILES string of the molecule is O[C@H]([C@@H](O)CNC[C@H](O)[C@@H](O)C1CCOC(c2ccccc2)O1)[C@H]1CCOC(c2ccccc2)O1. The highest BCUT2D eigenvalue weighted by Crippen LogP contribution is 2.29. The van der Waals surface area contributed by atoms with Crippen LogP contribution in [0, 0.1) is 0 Å². The third-order valence-corrected chi connectivity index (χ3v) is 6.34. The Balaban J connectivity index is 1.21. The number of benzene rings is 2. The zero-order valence-electron chi connectivity index (χ0n) is 19.6. The molecule has 0 amide bonds. The van der Waals surface area contributed by atoms with Crippen LogP contribution in [-0.2, 0) is 18.9 Å². The number of aliphatic hydroxyl groups excluding tert-OH is 4. The number of nitrogens with one attached hydrogen (secondary N) is 1. The summed E-state index contributed by atoms with van der Waals surface area (Å²) in [5.41, 5.74) is 1.69. The van der Waals surface area contributed by atoms with E-state index < -0.39 is 49.2 Å². The molecule has 9 nitrogen and oxygen atoms in total. The Morgan fingerprint density at radius 1 is 0.657 bits per heavy atom. The molecule has 5 N–H and O–H groups in total. The van der Waals surface area contributed by atoms with Gasteiger partial charge in [-0.05, 0) is 12.8 Å². The molecule has 2 heterocycles. The Kier molecular flexibility index (Phi) is 9.61. The van der Waals surface area contributed by atoms with Crippen molar-refractivity contribution in [1.82, 2.24) is 5.32 Å². The van der Waals surface area contributed by atoms with Gasteiger partial charge in [0.2, 0.25) is 0 Å². The molecular formula is C26H35NO8. The topological polar surface area (TPSA) is 130 Å². The van der Waals surface area contributed by atoms with Gasteiger partial charge in [-0.25, -0.2) is 0 Å². The first-order valence-electron chi connectivity index (χ1n) is 12.1. The van der Waals surface area contributed by atoms with E-state index in [4.69, 9.17) is 18.9 Å². The maximum Gasteiger partial charge on any atom is 0.184 e. The van der Waals surface area contributed by atoms with Crippen LogP contribution >= 0.6 is 0 Å². The smallest absolute Gasteiger partial charge is 0.184 e. The van der Waals surface area contributed by atoms with Crippen LogP contribution < -0.4 is 5.32 Å². The molecule has 0 spiro atoms. The summed E-state index contributed by atoms with van der Waals surface area (Å²) in [6.45, 7) is 0.842. The van der Waals surface area contributed by atoms with E-state index in [9.17, 15) is 20.4 Å². The summed E-state index contributed by atoms with van der Waals surface area (Å²) >= 11 is 0. The molecule has 9 heteroatoms. The average Bonchev–Trinajstić information content (AvgIpc) is 2.93. The van der Waals surface area contributed by atoms with Gasteiger partial charge < -0.3 is 44.7 Å². The zero-order chi connectivity index (χ0) is 24.6. The van der Waals surface area contributed by atoms with Gasteiger partial charge in [0.15, 0.2) is 12.6 Å².